The molecule has 0 aliphatic heterocycles. The van der Waals surface area contributed by atoms with E-state index in [4.69, 9.17) is 0 Å². The number of rotatable bonds is 9. The van der Waals surface area contributed by atoms with Crippen molar-refractivity contribution < 1.29 is 13.0 Å². The van der Waals surface area contributed by atoms with Gasteiger partial charge in [-0.3, -0.25) is 4.55 Å². The molecule has 1 N–H and O–H groups in total. The average molecular weight is 474 g/mol. The quantitative estimate of drug-likeness (QED) is 0.332. The molecule has 0 atom stereocenters. The average Bonchev–Trinajstić information content (AvgIpc) is 2.52. The van der Waals surface area contributed by atoms with Crippen LogP contribution in [0.2, 0.25) is 0 Å². The van der Waals surface area contributed by atoms with E-state index in [0.29, 0.717) is 11.8 Å². The number of aryl methyl sites for hydroxylation is 1. The Labute approximate surface area is 186 Å². The van der Waals surface area contributed by atoms with Crippen LogP contribution >= 0.6 is 0 Å². The van der Waals surface area contributed by atoms with Gasteiger partial charge in [0.2, 0.25) is 0 Å². The van der Waals surface area contributed by atoms with Crippen LogP contribution in [-0.2, 0) is 16.5 Å². The molecule has 5 heteroatoms. The second-order valence-electron chi connectivity index (χ2n) is 6.12. The van der Waals surface area contributed by atoms with Gasteiger partial charge in [-0.05, 0) is 23.8 Å². The predicted molar refractivity (Wildman–Crippen MR) is 104 cm³/mol. The number of benzene rings is 2. The Bertz CT molecular complexity index is 741. The first-order valence-corrected chi connectivity index (χ1v) is 9.96. The van der Waals surface area contributed by atoms with Gasteiger partial charge in [-0.1, -0.05) is 81.8 Å². The van der Waals surface area contributed by atoms with Crippen molar-refractivity contribution in [2.24, 2.45) is 0 Å². The SMILES string of the molecule is CCCCCCCCCc1ccc2ccccc2c1S(=O)(=O)O.[BaH2]. The van der Waals surface area contributed by atoms with E-state index in [0.717, 1.165) is 23.8 Å². The molecule has 0 spiro atoms. The Balaban J connectivity index is 0.00000288. The first kappa shape index (κ1) is 22.2. The Morgan fingerprint density at radius 1 is 0.875 bits per heavy atom. The molecule has 0 aliphatic rings. The molecule has 0 unspecified atom stereocenters. The molecule has 2 rings (SSSR count). The van der Waals surface area contributed by atoms with Crippen LogP contribution in [0.15, 0.2) is 41.3 Å². The van der Waals surface area contributed by atoms with Gasteiger partial charge in [0, 0.05) is 5.39 Å². The van der Waals surface area contributed by atoms with Crippen molar-refractivity contribution >= 4 is 69.8 Å². The molecule has 3 nitrogen and oxygen atoms in total. The molecule has 0 bridgehead atoms. The van der Waals surface area contributed by atoms with Crippen LogP contribution in [0.5, 0.6) is 0 Å². The summed E-state index contributed by atoms with van der Waals surface area (Å²) in [4.78, 5) is 0.0848. The summed E-state index contributed by atoms with van der Waals surface area (Å²) in [6.07, 6.45) is 8.99. The van der Waals surface area contributed by atoms with Crippen LogP contribution in [0.4, 0.5) is 0 Å². The van der Waals surface area contributed by atoms with E-state index in [1.54, 1.807) is 12.1 Å². The number of fused-ring (bicyclic) bond motifs is 1. The normalized spacial score (nSPS) is 11.4. The summed E-state index contributed by atoms with van der Waals surface area (Å²) in [6.45, 7) is 2.20. The fourth-order valence-corrected chi connectivity index (χ4v) is 4.03. The monoisotopic (exact) mass is 474 g/mol. The van der Waals surface area contributed by atoms with Crippen molar-refractivity contribution in [3.63, 3.8) is 0 Å². The van der Waals surface area contributed by atoms with Crippen molar-refractivity contribution in [1.29, 1.82) is 0 Å². The predicted octanol–water partition coefficient (Wildman–Crippen LogP) is 4.46. The number of hydrogen-bond donors (Lipinski definition) is 1. The molecule has 0 amide bonds. The van der Waals surface area contributed by atoms with Crippen molar-refractivity contribution in [2.75, 3.05) is 0 Å². The van der Waals surface area contributed by atoms with E-state index in [2.05, 4.69) is 6.92 Å². The topological polar surface area (TPSA) is 54.4 Å². The van der Waals surface area contributed by atoms with E-state index in [9.17, 15) is 13.0 Å². The van der Waals surface area contributed by atoms with Crippen LogP contribution < -0.4 is 0 Å². The number of unbranched alkanes of at least 4 members (excludes halogenated alkanes) is 6. The second-order valence-corrected chi connectivity index (χ2v) is 7.48. The van der Waals surface area contributed by atoms with Crippen LogP contribution in [0, 0.1) is 0 Å². The zero-order chi connectivity index (χ0) is 16.7. The third kappa shape index (κ3) is 6.48. The van der Waals surface area contributed by atoms with Gasteiger partial charge in [0.05, 0.1) is 0 Å². The Morgan fingerprint density at radius 2 is 1.50 bits per heavy atom. The molecule has 2 aromatic carbocycles. The molecule has 0 fully saturated rings. The zero-order valence-corrected chi connectivity index (χ0v) is 14.6. The summed E-state index contributed by atoms with van der Waals surface area (Å²) in [5.41, 5.74) is 0.722. The third-order valence-corrected chi connectivity index (χ3v) is 5.27. The molecular weight excluding hydrogens is 446 g/mol. The molecular formula is C19H28BaO3S. The molecule has 0 aliphatic carbocycles. The fraction of sp³-hybridized carbons (Fsp3) is 0.474. The molecule has 24 heavy (non-hydrogen) atoms. The van der Waals surface area contributed by atoms with Crippen LogP contribution in [0.25, 0.3) is 10.8 Å². The van der Waals surface area contributed by atoms with Gasteiger partial charge in [-0.25, -0.2) is 0 Å². The minimum atomic E-state index is -4.21. The Morgan fingerprint density at radius 3 is 2.17 bits per heavy atom. The van der Waals surface area contributed by atoms with E-state index in [1.807, 2.05) is 24.3 Å². The first-order chi connectivity index (χ1) is 11.0. The molecule has 0 saturated carbocycles. The summed E-state index contributed by atoms with van der Waals surface area (Å²) in [5.74, 6) is 0. The van der Waals surface area contributed by atoms with Gasteiger partial charge in [-0.15, -0.1) is 0 Å². The van der Waals surface area contributed by atoms with Crippen LogP contribution in [-0.4, -0.2) is 61.9 Å². The van der Waals surface area contributed by atoms with Crippen molar-refractivity contribution in [1.82, 2.24) is 0 Å². The van der Waals surface area contributed by atoms with Gasteiger partial charge >= 0.3 is 48.9 Å². The third-order valence-electron chi connectivity index (χ3n) is 4.27. The zero-order valence-electron chi connectivity index (χ0n) is 13.8. The fourth-order valence-electron chi connectivity index (χ4n) is 3.06. The van der Waals surface area contributed by atoms with Gasteiger partial charge in [0.25, 0.3) is 10.1 Å². The van der Waals surface area contributed by atoms with E-state index < -0.39 is 10.1 Å². The summed E-state index contributed by atoms with van der Waals surface area (Å²) >= 11 is 0. The van der Waals surface area contributed by atoms with Crippen LogP contribution in [0.1, 0.15) is 57.4 Å². The maximum absolute atomic E-state index is 11.8. The Kier molecular flexibility index (Phi) is 10.2. The summed E-state index contributed by atoms with van der Waals surface area (Å²) in [5, 5.41) is 1.44. The van der Waals surface area contributed by atoms with Crippen molar-refractivity contribution in [2.45, 2.75) is 63.2 Å². The van der Waals surface area contributed by atoms with E-state index in [1.165, 1.54) is 32.1 Å². The number of hydrogen-bond acceptors (Lipinski definition) is 2. The maximum atomic E-state index is 11.8. The molecule has 0 saturated heterocycles. The van der Waals surface area contributed by atoms with E-state index in [-0.39, 0.29) is 53.8 Å². The van der Waals surface area contributed by atoms with Gasteiger partial charge in [-0.2, -0.15) is 8.42 Å². The Hall–Kier alpha value is 0.181. The first-order valence-electron chi connectivity index (χ1n) is 8.52. The van der Waals surface area contributed by atoms with Crippen molar-refractivity contribution in [3.05, 3.63) is 42.0 Å². The molecule has 0 heterocycles. The van der Waals surface area contributed by atoms with Gasteiger partial charge < -0.3 is 0 Å². The summed E-state index contributed by atoms with van der Waals surface area (Å²) in [6, 6.07) is 11.1. The summed E-state index contributed by atoms with van der Waals surface area (Å²) in [7, 11) is -4.21. The van der Waals surface area contributed by atoms with Gasteiger partial charge in [0.1, 0.15) is 4.90 Å². The molecule has 2 aromatic rings. The summed E-state index contributed by atoms with van der Waals surface area (Å²) < 4.78 is 33.3. The standard InChI is InChI=1S/C19H26O3S.Ba.2H/c1-2-3-4-5-6-7-8-12-17-15-14-16-11-9-10-13-18(16)19(17)23(20,21)22;;;/h9-11,13-15H,2-8,12H2,1H3,(H,20,21,22);;;. The molecule has 0 radical (unpaired) electrons. The second kappa shape index (κ2) is 11.0. The van der Waals surface area contributed by atoms with Crippen molar-refractivity contribution in [3.8, 4) is 0 Å². The van der Waals surface area contributed by atoms with Crippen LogP contribution in [0.3, 0.4) is 0 Å². The van der Waals surface area contributed by atoms with E-state index >= 15 is 0 Å². The molecule has 130 valence electrons. The minimum absolute atomic E-state index is 0. The van der Waals surface area contributed by atoms with Gasteiger partial charge in [0.15, 0.2) is 0 Å². The molecule has 0 aromatic heterocycles.